The van der Waals surface area contributed by atoms with Crippen LogP contribution in [0.25, 0.3) is 16.7 Å². The Morgan fingerprint density at radius 3 is 2.70 bits per heavy atom. The highest BCUT2D eigenvalue weighted by Crippen LogP contribution is 2.21. The Morgan fingerprint density at radius 2 is 1.89 bits per heavy atom. The van der Waals surface area contributed by atoms with Crippen LogP contribution in [0.4, 0.5) is 0 Å². The number of hydrogen-bond donors (Lipinski definition) is 1. The van der Waals surface area contributed by atoms with Gasteiger partial charge < -0.3 is 4.98 Å². The number of rotatable bonds is 6. The quantitative estimate of drug-likeness (QED) is 0.411. The average Bonchev–Trinajstić information content (AvgIpc) is 3.22. The van der Waals surface area contributed by atoms with Crippen molar-refractivity contribution in [3.63, 3.8) is 0 Å². The van der Waals surface area contributed by atoms with Crippen LogP contribution in [-0.4, -0.2) is 35.5 Å². The minimum absolute atomic E-state index is 0.0683. The lowest BCUT2D eigenvalue weighted by molar-refractivity contribution is 0.678. The highest BCUT2D eigenvalue weighted by Gasteiger charge is 2.10. The molecule has 0 aliphatic heterocycles. The predicted octanol–water partition coefficient (Wildman–Crippen LogP) is 3.10. The van der Waals surface area contributed by atoms with Gasteiger partial charge in [-0.2, -0.15) is 4.68 Å². The molecule has 2 aromatic carbocycles. The summed E-state index contributed by atoms with van der Waals surface area (Å²) in [5.74, 6) is 0.817. The summed E-state index contributed by atoms with van der Waals surface area (Å²) in [6.07, 6.45) is 0.839. The standard InChI is InChI=1S/C19H20N6OS/c1-13-10-14(2)12-15(11-13)25-19(21-22-23-25)27-9-5-8-24-17-7-4-3-6-16(17)20-18(24)26/h3-4,6-7,10-12H,5,8-9H2,1-2H3,(H,20,26). The topological polar surface area (TPSA) is 81.4 Å². The van der Waals surface area contributed by atoms with Gasteiger partial charge in [0.15, 0.2) is 0 Å². The zero-order valence-electron chi connectivity index (χ0n) is 15.2. The lowest BCUT2D eigenvalue weighted by Gasteiger charge is -2.07. The van der Waals surface area contributed by atoms with E-state index in [0.717, 1.165) is 34.1 Å². The molecule has 4 rings (SSSR count). The fourth-order valence-electron chi connectivity index (χ4n) is 3.22. The molecule has 0 amide bonds. The molecule has 27 heavy (non-hydrogen) atoms. The van der Waals surface area contributed by atoms with Crippen molar-refractivity contribution in [3.05, 3.63) is 64.1 Å². The van der Waals surface area contributed by atoms with Crippen molar-refractivity contribution < 1.29 is 0 Å². The first-order valence-electron chi connectivity index (χ1n) is 8.79. The maximum atomic E-state index is 12.1. The van der Waals surface area contributed by atoms with E-state index < -0.39 is 0 Å². The summed E-state index contributed by atoms with van der Waals surface area (Å²) in [5, 5.41) is 12.9. The number of thioether (sulfide) groups is 1. The Balaban J connectivity index is 1.44. The highest BCUT2D eigenvalue weighted by molar-refractivity contribution is 7.99. The van der Waals surface area contributed by atoms with Crippen LogP contribution in [0.3, 0.4) is 0 Å². The molecule has 0 saturated carbocycles. The fraction of sp³-hybridized carbons (Fsp3) is 0.263. The number of hydrogen-bond acceptors (Lipinski definition) is 5. The molecular weight excluding hydrogens is 360 g/mol. The Labute approximate surface area is 160 Å². The summed E-state index contributed by atoms with van der Waals surface area (Å²) in [6, 6.07) is 14.0. The van der Waals surface area contributed by atoms with Gasteiger partial charge in [0.25, 0.3) is 0 Å². The minimum Gasteiger partial charge on any atom is -0.306 e. The lowest BCUT2D eigenvalue weighted by atomic mass is 10.1. The van der Waals surface area contributed by atoms with Gasteiger partial charge in [-0.25, -0.2) is 4.79 Å². The van der Waals surface area contributed by atoms with Crippen molar-refractivity contribution in [1.82, 2.24) is 29.8 Å². The SMILES string of the molecule is Cc1cc(C)cc(-n2nnnc2SCCCn2c(=O)[nH]c3ccccc32)c1. The first-order valence-corrected chi connectivity index (χ1v) is 9.78. The molecule has 0 spiro atoms. The van der Waals surface area contributed by atoms with Crippen LogP contribution in [0.1, 0.15) is 17.5 Å². The van der Waals surface area contributed by atoms with Crippen LogP contribution in [0.15, 0.2) is 52.4 Å². The van der Waals surface area contributed by atoms with Gasteiger partial charge in [-0.05, 0) is 66.1 Å². The van der Waals surface area contributed by atoms with Gasteiger partial charge in [0.05, 0.1) is 16.7 Å². The molecule has 4 aromatic rings. The van der Waals surface area contributed by atoms with Crippen LogP contribution >= 0.6 is 11.8 Å². The molecule has 0 aliphatic rings. The predicted molar refractivity (Wildman–Crippen MR) is 107 cm³/mol. The second-order valence-corrected chi connectivity index (χ2v) is 7.58. The maximum absolute atomic E-state index is 12.1. The summed E-state index contributed by atoms with van der Waals surface area (Å²) in [7, 11) is 0. The van der Waals surface area contributed by atoms with E-state index >= 15 is 0 Å². The van der Waals surface area contributed by atoms with Crippen LogP contribution in [0.2, 0.25) is 0 Å². The van der Waals surface area contributed by atoms with Gasteiger partial charge in [-0.15, -0.1) is 5.10 Å². The molecule has 0 unspecified atom stereocenters. The molecule has 7 nitrogen and oxygen atoms in total. The lowest BCUT2D eigenvalue weighted by Crippen LogP contribution is -2.17. The minimum atomic E-state index is -0.0683. The van der Waals surface area contributed by atoms with Crippen molar-refractivity contribution in [1.29, 1.82) is 0 Å². The van der Waals surface area contributed by atoms with Crippen LogP contribution < -0.4 is 5.69 Å². The molecule has 0 radical (unpaired) electrons. The molecule has 0 aliphatic carbocycles. The molecule has 2 aromatic heterocycles. The number of nitrogens with zero attached hydrogens (tertiary/aromatic N) is 5. The number of imidazole rings is 1. The number of H-pyrrole nitrogens is 1. The van der Waals surface area contributed by atoms with E-state index in [2.05, 4.69) is 52.6 Å². The number of aromatic nitrogens is 6. The zero-order chi connectivity index (χ0) is 18.8. The first kappa shape index (κ1) is 17.5. The Kier molecular flexibility index (Phi) is 4.81. The zero-order valence-corrected chi connectivity index (χ0v) is 16.0. The Morgan fingerprint density at radius 1 is 1.11 bits per heavy atom. The summed E-state index contributed by atoms with van der Waals surface area (Å²) in [5.41, 5.74) is 5.06. The number of fused-ring (bicyclic) bond motifs is 1. The Bertz CT molecular complexity index is 1120. The van der Waals surface area contributed by atoms with E-state index in [1.54, 1.807) is 21.0 Å². The molecule has 0 fully saturated rings. The molecule has 0 saturated heterocycles. The van der Waals surface area contributed by atoms with Gasteiger partial charge in [-0.1, -0.05) is 30.0 Å². The molecule has 8 heteroatoms. The van der Waals surface area contributed by atoms with Crippen molar-refractivity contribution in [2.24, 2.45) is 0 Å². The Hall–Kier alpha value is -2.87. The van der Waals surface area contributed by atoms with E-state index in [9.17, 15) is 4.79 Å². The van der Waals surface area contributed by atoms with E-state index in [1.165, 1.54) is 11.1 Å². The van der Waals surface area contributed by atoms with Crippen molar-refractivity contribution in [2.75, 3.05) is 5.75 Å². The number of aromatic amines is 1. The number of nitrogens with one attached hydrogen (secondary N) is 1. The van der Waals surface area contributed by atoms with Gasteiger partial charge in [0, 0.05) is 12.3 Å². The number of para-hydroxylation sites is 2. The van der Waals surface area contributed by atoms with E-state index in [0.29, 0.717) is 6.54 Å². The van der Waals surface area contributed by atoms with Gasteiger partial charge in [-0.3, -0.25) is 4.57 Å². The van der Waals surface area contributed by atoms with Crippen molar-refractivity contribution >= 4 is 22.8 Å². The third-order valence-electron chi connectivity index (χ3n) is 4.33. The number of benzene rings is 2. The molecule has 0 atom stereocenters. The summed E-state index contributed by atoms with van der Waals surface area (Å²) in [6.45, 7) is 4.78. The van der Waals surface area contributed by atoms with Gasteiger partial charge >= 0.3 is 5.69 Å². The molecule has 2 heterocycles. The third kappa shape index (κ3) is 3.66. The van der Waals surface area contributed by atoms with Crippen LogP contribution in [-0.2, 0) is 6.54 Å². The normalized spacial score (nSPS) is 11.3. The monoisotopic (exact) mass is 380 g/mol. The van der Waals surface area contributed by atoms with E-state index in [-0.39, 0.29) is 5.69 Å². The average molecular weight is 380 g/mol. The maximum Gasteiger partial charge on any atom is 0.326 e. The first-order chi connectivity index (χ1) is 13.1. The van der Waals surface area contributed by atoms with Gasteiger partial charge in [0.1, 0.15) is 0 Å². The van der Waals surface area contributed by atoms with Crippen LogP contribution in [0.5, 0.6) is 0 Å². The second kappa shape index (κ2) is 7.40. The van der Waals surface area contributed by atoms with Crippen molar-refractivity contribution in [2.45, 2.75) is 32.0 Å². The number of tetrazole rings is 1. The largest absolute Gasteiger partial charge is 0.326 e. The van der Waals surface area contributed by atoms with Gasteiger partial charge in [0.2, 0.25) is 5.16 Å². The summed E-state index contributed by atoms with van der Waals surface area (Å²) < 4.78 is 3.55. The van der Waals surface area contributed by atoms with E-state index in [4.69, 9.17) is 0 Å². The highest BCUT2D eigenvalue weighted by atomic mass is 32.2. The molecule has 138 valence electrons. The number of aryl methyl sites for hydroxylation is 3. The molecular formula is C19H20N6OS. The smallest absolute Gasteiger partial charge is 0.306 e. The third-order valence-corrected chi connectivity index (χ3v) is 5.34. The summed E-state index contributed by atoms with van der Waals surface area (Å²) in [4.78, 5) is 15.0. The molecule has 1 N–H and O–H groups in total. The fourth-order valence-corrected chi connectivity index (χ4v) is 4.03. The molecule has 0 bridgehead atoms. The van der Waals surface area contributed by atoms with Crippen LogP contribution in [0, 0.1) is 13.8 Å². The van der Waals surface area contributed by atoms with Crippen molar-refractivity contribution in [3.8, 4) is 5.69 Å². The summed E-state index contributed by atoms with van der Waals surface area (Å²) >= 11 is 1.59. The van der Waals surface area contributed by atoms with E-state index in [1.807, 2.05) is 24.3 Å². The second-order valence-electron chi connectivity index (χ2n) is 6.52.